The second-order valence-corrected chi connectivity index (χ2v) is 5.90. The van der Waals surface area contributed by atoms with Crippen LogP contribution >= 0.6 is 0 Å². The van der Waals surface area contributed by atoms with Gasteiger partial charge in [-0.05, 0) is 68.8 Å². The number of ether oxygens (including phenoxy) is 3. The van der Waals surface area contributed by atoms with Crippen LogP contribution in [0.3, 0.4) is 0 Å². The van der Waals surface area contributed by atoms with E-state index < -0.39 is 0 Å². The van der Waals surface area contributed by atoms with Gasteiger partial charge in [0.1, 0.15) is 5.75 Å². The van der Waals surface area contributed by atoms with Crippen molar-refractivity contribution in [3.05, 3.63) is 53.6 Å². The molecule has 1 N–H and O–H groups in total. The first-order valence-electron chi connectivity index (χ1n) is 8.04. The van der Waals surface area contributed by atoms with Crippen molar-refractivity contribution >= 4 is 11.6 Å². The first-order chi connectivity index (χ1) is 12.0. The van der Waals surface area contributed by atoms with E-state index >= 15 is 0 Å². The average molecular weight is 340 g/mol. The lowest BCUT2D eigenvalue weighted by Gasteiger charge is -2.10. The minimum Gasteiger partial charge on any atom is -0.491 e. The van der Waals surface area contributed by atoms with Crippen LogP contribution in [0.5, 0.6) is 17.2 Å². The van der Waals surface area contributed by atoms with Gasteiger partial charge in [0.15, 0.2) is 11.5 Å². The summed E-state index contributed by atoms with van der Waals surface area (Å²) < 4.78 is 16.1. The van der Waals surface area contributed by atoms with Gasteiger partial charge in [0, 0.05) is 5.56 Å². The maximum absolute atomic E-state index is 12.2. The molecule has 1 amide bonds. The molecule has 25 heavy (non-hydrogen) atoms. The predicted molar refractivity (Wildman–Crippen MR) is 94.4 cm³/mol. The highest BCUT2D eigenvalue weighted by Gasteiger charge is 2.16. The molecule has 1 aliphatic rings. The van der Waals surface area contributed by atoms with Crippen LogP contribution in [0.15, 0.2) is 47.6 Å². The normalized spacial score (nSPS) is 13.0. The van der Waals surface area contributed by atoms with Crippen LogP contribution in [0.2, 0.25) is 0 Å². The molecule has 3 rings (SSSR count). The molecular weight excluding hydrogens is 320 g/mol. The number of carbonyl (C=O) groups excluding carboxylic acids is 1. The maximum atomic E-state index is 12.2. The van der Waals surface area contributed by atoms with Crippen LogP contribution in [0, 0.1) is 0 Å². The van der Waals surface area contributed by atoms with Crippen molar-refractivity contribution in [3.63, 3.8) is 0 Å². The number of fused-ring (bicyclic) bond motifs is 1. The van der Waals surface area contributed by atoms with Gasteiger partial charge < -0.3 is 14.2 Å². The lowest BCUT2D eigenvalue weighted by molar-refractivity contribution is 0.0954. The summed E-state index contributed by atoms with van der Waals surface area (Å²) in [7, 11) is 0. The van der Waals surface area contributed by atoms with Crippen molar-refractivity contribution in [2.45, 2.75) is 26.9 Å². The fraction of sp³-hybridized carbons (Fsp3) is 0.263. The number of carbonyl (C=O) groups is 1. The maximum Gasteiger partial charge on any atom is 0.271 e. The van der Waals surface area contributed by atoms with E-state index in [-0.39, 0.29) is 18.8 Å². The first kappa shape index (κ1) is 16.8. The molecule has 0 aromatic heterocycles. The minimum absolute atomic E-state index is 0.126. The molecule has 2 aromatic carbocycles. The van der Waals surface area contributed by atoms with Crippen LogP contribution in [-0.4, -0.2) is 24.5 Å². The van der Waals surface area contributed by atoms with E-state index in [1.165, 1.54) is 0 Å². The van der Waals surface area contributed by atoms with E-state index in [0.29, 0.717) is 22.8 Å². The smallest absolute Gasteiger partial charge is 0.271 e. The monoisotopic (exact) mass is 340 g/mol. The Hall–Kier alpha value is -3.02. The Kier molecular flexibility index (Phi) is 4.88. The number of nitrogens with zero attached hydrogens (tertiary/aromatic N) is 1. The molecule has 6 nitrogen and oxygen atoms in total. The SMILES string of the molecule is C/C(=N/NC(=O)c1ccc2c(c1)OCO2)c1ccc(OC(C)C)cc1. The van der Waals surface area contributed by atoms with Gasteiger partial charge >= 0.3 is 0 Å². The van der Waals surface area contributed by atoms with E-state index in [9.17, 15) is 4.79 Å². The summed E-state index contributed by atoms with van der Waals surface area (Å²) in [6.45, 7) is 5.96. The highest BCUT2D eigenvalue weighted by atomic mass is 16.7. The second-order valence-electron chi connectivity index (χ2n) is 5.90. The molecule has 0 saturated heterocycles. The Bertz CT molecular complexity index is 798. The van der Waals surface area contributed by atoms with Crippen molar-refractivity contribution in [2.75, 3.05) is 6.79 Å². The number of hydrogen-bond donors (Lipinski definition) is 1. The van der Waals surface area contributed by atoms with Gasteiger partial charge in [0.25, 0.3) is 5.91 Å². The molecule has 0 atom stereocenters. The molecular formula is C19H20N2O4. The van der Waals surface area contributed by atoms with Crippen molar-refractivity contribution in [2.24, 2.45) is 5.10 Å². The number of amides is 1. The van der Waals surface area contributed by atoms with E-state index in [4.69, 9.17) is 14.2 Å². The van der Waals surface area contributed by atoms with Gasteiger partial charge in [-0.25, -0.2) is 5.43 Å². The molecule has 0 radical (unpaired) electrons. The molecule has 130 valence electrons. The van der Waals surface area contributed by atoms with E-state index in [1.807, 2.05) is 45.0 Å². The molecule has 0 aliphatic carbocycles. The average Bonchev–Trinajstić information content (AvgIpc) is 3.07. The van der Waals surface area contributed by atoms with Gasteiger partial charge in [0.05, 0.1) is 11.8 Å². The van der Waals surface area contributed by atoms with Gasteiger partial charge in [-0.3, -0.25) is 4.79 Å². The zero-order chi connectivity index (χ0) is 17.8. The van der Waals surface area contributed by atoms with E-state index in [1.54, 1.807) is 18.2 Å². The third kappa shape index (κ3) is 4.09. The molecule has 2 aromatic rings. The lowest BCUT2D eigenvalue weighted by Crippen LogP contribution is -2.19. The van der Waals surface area contributed by atoms with Crippen LogP contribution in [0.4, 0.5) is 0 Å². The van der Waals surface area contributed by atoms with Crippen molar-refractivity contribution in [1.29, 1.82) is 0 Å². The summed E-state index contributed by atoms with van der Waals surface area (Å²) in [5, 5.41) is 4.16. The van der Waals surface area contributed by atoms with Crippen LogP contribution in [0.1, 0.15) is 36.7 Å². The number of benzene rings is 2. The largest absolute Gasteiger partial charge is 0.491 e. The Morgan fingerprint density at radius 1 is 1.08 bits per heavy atom. The topological polar surface area (TPSA) is 69.2 Å². The molecule has 6 heteroatoms. The van der Waals surface area contributed by atoms with Gasteiger partial charge in [-0.15, -0.1) is 0 Å². The molecule has 0 bridgehead atoms. The zero-order valence-corrected chi connectivity index (χ0v) is 14.4. The number of rotatable bonds is 5. The summed E-state index contributed by atoms with van der Waals surface area (Å²) in [6, 6.07) is 12.6. The van der Waals surface area contributed by atoms with Gasteiger partial charge in [-0.2, -0.15) is 5.10 Å². The van der Waals surface area contributed by atoms with E-state index in [2.05, 4.69) is 10.5 Å². The molecule has 0 fully saturated rings. The summed E-state index contributed by atoms with van der Waals surface area (Å²) in [6.07, 6.45) is 0.126. The Morgan fingerprint density at radius 2 is 1.76 bits per heavy atom. The Balaban J connectivity index is 1.65. The highest BCUT2D eigenvalue weighted by molar-refractivity contribution is 6.01. The summed E-state index contributed by atoms with van der Waals surface area (Å²) in [5.74, 6) is 1.70. The fourth-order valence-electron chi connectivity index (χ4n) is 2.35. The second kappa shape index (κ2) is 7.25. The third-order valence-corrected chi connectivity index (χ3v) is 3.60. The van der Waals surface area contributed by atoms with Gasteiger partial charge in [0.2, 0.25) is 6.79 Å². The third-order valence-electron chi connectivity index (χ3n) is 3.60. The highest BCUT2D eigenvalue weighted by Crippen LogP contribution is 2.32. The van der Waals surface area contributed by atoms with Crippen molar-refractivity contribution < 1.29 is 19.0 Å². The van der Waals surface area contributed by atoms with E-state index in [0.717, 1.165) is 11.3 Å². The molecule has 1 heterocycles. The Labute approximate surface area is 146 Å². The predicted octanol–water partition coefficient (Wildman–Crippen LogP) is 3.36. The van der Waals surface area contributed by atoms with Crippen LogP contribution in [0.25, 0.3) is 0 Å². The standard InChI is InChI=1S/C19H20N2O4/c1-12(2)25-16-7-4-14(5-8-16)13(3)20-21-19(22)15-6-9-17-18(10-15)24-11-23-17/h4-10,12H,11H2,1-3H3,(H,21,22)/b20-13-. The lowest BCUT2D eigenvalue weighted by atomic mass is 10.1. The zero-order valence-electron chi connectivity index (χ0n) is 14.4. The van der Waals surface area contributed by atoms with Crippen molar-refractivity contribution in [3.8, 4) is 17.2 Å². The Morgan fingerprint density at radius 3 is 2.48 bits per heavy atom. The quantitative estimate of drug-likeness (QED) is 0.669. The molecule has 0 unspecified atom stereocenters. The molecule has 0 spiro atoms. The number of hydrogen-bond acceptors (Lipinski definition) is 5. The summed E-state index contributed by atoms with van der Waals surface area (Å²) in [5.41, 5.74) is 4.62. The number of hydrazone groups is 1. The number of nitrogens with one attached hydrogen (secondary N) is 1. The summed E-state index contributed by atoms with van der Waals surface area (Å²) in [4.78, 5) is 12.2. The van der Waals surface area contributed by atoms with Crippen molar-refractivity contribution in [1.82, 2.24) is 5.43 Å². The summed E-state index contributed by atoms with van der Waals surface area (Å²) >= 11 is 0. The van der Waals surface area contributed by atoms with Crippen LogP contribution in [-0.2, 0) is 0 Å². The van der Waals surface area contributed by atoms with Gasteiger partial charge in [-0.1, -0.05) is 0 Å². The first-order valence-corrected chi connectivity index (χ1v) is 8.04. The molecule has 1 aliphatic heterocycles. The van der Waals surface area contributed by atoms with Crippen LogP contribution < -0.4 is 19.6 Å². The molecule has 0 saturated carbocycles. The minimum atomic E-state index is -0.308. The fourth-order valence-corrected chi connectivity index (χ4v) is 2.35.